The number of imide groups is 1. The summed E-state index contributed by atoms with van der Waals surface area (Å²) >= 11 is 0. The minimum Gasteiger partial charge on any atom is -0.356 e. The quantitative estimate of drug-likeness (QED) is 0.377. The third kappa shape index (κ3) is 4.42. The zero-order valence-corrected chi connectivity index (χ0v) is 17.8. The van der Waals surface area contributed by atoms with E-state index < -0.39 is 5.54 Å². The first-order valence-corrected chi connectivity index (χ1v) is 10.7. The Morgan fingerprint density at radius 3 is 2.54 bits per heavy atom. The van der Waals surface area contributed by atoms with Gasteiger partial charge in [-0.1, -0.05) is 0 Å². The monoisotopic (exact) mass is 392 g/mol. The lowest BCUT2D eigenvalue weighted by Crippen LogP contribution is -2.55. The molecule has 3 heterocycles. The highest BCUT2D eigenvalue weighted by atomic mass is 16.2. The van der Waals surface area contributed by atoms with E-state index >= 15 is 0 Å². The van der Waals surface area contributed by atoms with Gasteiger partial charge >= 0.3 is 6.03 Å². The predicted octanol–water partition coefficient (Wildman–Crippen LogP) is 0.992. The first-order valence-electron chi connectivity index (χ1n) is 10.7. The highest BCUT2D eigenvalue weighted by molar-refractivity contribution is 6.07. The fraction of sp³-hybridized carbons (Fsp3) is 0.850. The van der Waals surface area contributed by atoms with Gasteiger partial charge in [0.25, 0.3) is 5.91 Å². The number of nitrogens with one attached hydrogen (secondary N) is 3. The smallest absolute Gasteiger partial charge is 0.322 e. The summed E-state index contributed by atoms with van der Waals surface area (Å²) in [5, 5.41) is 8.77. The summed E-state index contributed by atoms with van der Waals surface area (Å²) in [6.45, 7) is 11.4. The number of aliphatic imine (C=N–C) groups is 1. The van der Waals surface area contributed by atoms with Crippen molar-refractivity contribution in [3.05, 3.63) is 0 Å². The van der Waals surface area contributed by atoms with Crippen LogP contribution < -0.4 is 16.0 Å². The van der Waals surface area contributed by atoms with Gasteiger partial charge in [-0.3, -0.25) is 15.1 Å². The Kier molecular flexibility index (Phi) is 6.47. The molecule has 0 aromatic rings. The summed E-state index contributed by atoms with van der Waals surface area (Å²) in [4.78, 5) is 33.0. The molecule has 0 aromatic heterocycles. The number of piperidine rings is 2. The lowest BCUT2D eigenvalue weighted by atomic mass is 9.79. The van der Waals surface area contributed by atoms with Gasteiger partial charge in [-0.25, -0.2) is 4.79 Å². The molecular weight excluding hydrogens is 356 g/mol. The summed E-state index contributed by atoms with van der Waals surface area (Å²) in [6, 6.07) is 0.228. The van der Waals surface area contributed by atoms with Crippen LogP contribution in [0.25, 0.3) is 0 Å². The average Bonchev–Trinajstić information content (AvgIpc) is 2.95. The molecule has 0 aliphatic carbocycles. The number of nitrogens with zero attached hydrogens (tertiary/aromatic N) is 3. The van der Waals surface area contributed by atoms with Gasteiger partial charge in [0, 0.05) is 39.3 Å². The summed E-state index contributed by atoms with van der Waals surface area (Å²) in [5.41, 5.74) is -0.789. The number of hydrogen-bond acceptors (Lipinski definition) is 4. The second-order valence-electron chi connectivity index (χ2n) is 8.90. The van der Waals surface area contributed by atoms with Gasteiger partial charge in [-0.05, 0) is 64.8 Å². The van der Waals surface area contributed by atoms with E-state index in [2.05, 4.69) is 44.6 Å². The molecule has 8 heteroatoms. The van der Waals surface area contributed by atoms with Crippen molar-refractivity contribution in [1.29, 1.82) is 0 Å². The highest BCUT2D eigenvalue weighted by Crippen LogP contribution is 2.30. The first kappa shape index (κ1) is 20.9. The van der Waals surface area contributed by atoms with Crippen LogP contribution in [0.1, 0.15) is 46.5 Å². The van der Waals surface area contributed by atoms with E-state index in [1.807, 2.05) is 14.0 Å². The van der Waals surface area contributed by atoms with Crippen molar-refractivity contribution in [2.45, 2.75) is 58.0 Å². The number of carbonyl (C=O) groups is 2. The lowest BCUT2D eigenvalue weighted by molar-refractivity contribution is -0.125. The summed E-state index contributed by atoms with van der Waals surface area (Å²) < 4.78 is 0. The van der Waals surface area contributed by atoms with Crippen molar-refractivity contribution in [3.63, 3.8) is 0 Å². The molecule has 2 unspecified atom stereocenters. The number of carbonyl (C=O) groups excluding carboxylic acids is 2. The summed E-state index contributed by atoms with van der Waals surface area (Å²) in [5.74, 6) is 1.55. The van der Waals surface area contributed by atoms with Gasteiger partial charge in [0.15, 0.2) is 5.96 Å². The van der Waals surface area contributed by atoms with Crippen molar-refractivity contribution in [2.24, 2.45) is 16.8 Å². The largest absolute Gasteiger partial charge is 0.356 e. The van der Waals surface area contributed by atoms with Crippen LogP contribution in [0, 0.1) is 11.8 Å². The van der Waals surface area contributed by atoms with E-state index in [4.69, 9.17) is 0 Å². The standard InChI is InChI=1S/C20H36N6O2/c1-14(2)26-9-5-6-15(13-26)12-22-18(21-4)25-10-7-16(8-11-25)20(3)17(27)23-19(28)24-20/h14-16H,5-13H2,1-4H3,(H,21,22)(H2,23,24,27,28). The number of amides is 3. The number of guanidine groups is 1. The summed E-state index contributed by atoms with van der Waals surface area (Å²) in [6.07, 6.45) is 4.24. The highest BCUT2D eigenvalue weighted by Gasteiger charge is 2.48. The molecule has 3 rings (SSSR count). The maximum Gasteiger partial charge on any atom is 0.322 e. The Hall–Kier alpha value is -1.83. The van der Waals surface area contributed by atoms with Crippen LogP contribution in [0.5, 0.6) is 0 Å². The molecule has 28 heavy (non-hydrogen) atoms. The van der Waals surface area contributed by atoms with Crippen LogP contribution in [0.3, 0.4) is 0 Å². The maximum atomic E-state index is 12.2. The Morgan fingerprint density at radius 1 is 1.25 bits per heavy atom. The van der Waals surface area contributed by atoms with Gasteiger partial charge < -0.3 is 20.4 Å². The molecule has 0 radical (unpaired) electrons. The second-order valence-corrected chi connectivity index (χ2v) is 8.90. The van der Waals surface area contributed by atoms with E-state index in [0.717, 1.165) is 45.0 Å². The van der Waals surface area contributed by atoms with Crippen molar-refractivity contribution < 1.29 is 9.59 Å². The number of hydrogen-bond donors (Lipinski definition) is 3. The number of urea groups is 1. The summed E-state index contributed by atoms with van der Waals surface area (Å²) in [7, 11) is 1.83. The van der Waals surface area contributed by atoms with Crippen LogP contribution in [-0.4, -0.2) is 79.0 Å². The molecule has 0 spiro atoms. The predicted molar refractivity (Wildman–Crippen MR) is 110 cm³/mol. The molecule has 3 N–H and O–H groups in total. The van der Waals surface area contributed by atoms with E-state index in [1.54, 1.807) is 0 Å². The normalized spacial score (nSPS) is 30.5. The molecule has 8 nitrogen and oxygen atoms in total. The van der Waals surface area contributed by atoms with Crippen LogP contribution in [0.15, 0.2) is 4.99 Å². The fourth-order valence-corrected chi connectivity index (χ4v) is 4.81. The molecule has 158 valence electrons. The van der Waals surface area contributed by atoms with Gasteiger partial charge in [-0.15, -0.1) is 0 Å². The van der Waals surface area contributed by atoms with Crippen LogP contribution in [0.2, 0.25) is 0 Å². The number of rotatable bonds is 4. The SMILES string of the molecule is CN=C(NCC1CCCN(C(C)C)C1)N1CCC(C2(C)NC(=O)NC2=O)CC1. The van der Waals surface area contributed by atoms with Crippen molar-refractivity contribution in [3.8, 4) is 0 Å². The Bertz CT molecular complexity index is 614. The molecule has 3 aliphatic heterocycles. The van der Waals surface area contributed by atoms with Crippen molar-refractivity contribution >= 4 is 17.9 Å². The van der Waals surface area contributed by atoms with Gasteiger partial charge in [0.1, 0.15) is 5.54 Å². The minimum absolute atomic E-state index is 0.145. The molecule has 0 saturated carbocycles. The third-order valence-electron chi connectivity index (χ3n) is 6.72. The Morgan fingerprint density at radius 2 is 1.96 bits per heavy atom. The van der Waals surface area contributed by atoms with Crippen LogP contribution >= 0.6 is 0 Å². The Balaban J connectivity index is 1.49. The molecule has 3 aliphatic rings. The van der Waals surface area contributed by atoms with Crippen LogP contribution in [0.4, 0.5) is 4.79 Å². The molecule has 0 aromatic carbocycles. The maximum absolute atomic E-state index is 12.2. The molecular formula is C20H36N6O2. The van der Waals surface area contributed by atoms with Gasteiger partial charge in [0.05, 0.1) is 0 Å². The first-order chi connectivity index (χ1) is 13.3. The van der Waals surface area contributed by atoms with E-state index in [-0.39, 0.29) is 17.9 Å². The fourth-order valence-electron chi connectivity index (χ4n) is 4.81. The van der Waals surface area contributed by atoms with E-state index in [1.165, 1.54) is 19.4 Å². The molecule has 2 atom stereocenters. The van der Waals surface area contributed by atoms with Crippen molar-refractivity contribution in [1.82, 2.24) is 25.8 Å². The van der Waals surface area contributed by atoms with Gasteiger partial charge in [-0.2, -0.15) is 0 Å². The number of likely N-dealkylation sites (tertiary alicyclic amines) is 2. The molecule has 0 bridgehead atoms. The third-order valence-corrected chi connectivity index (χ3v) is 6.72. The van der Waals surface area contributed by atoms with Crippen molar-refractivity contribution in [2.75, 3.05) is 39.8 Å². The topological polar surface area (TPSA) is 89.1 Å². The Labute approximate surface area is 168 Å². The van der Waals surface area contributed by atoms with E-state index in [0.29, 0.717) is 12.0 Å². The minimum atomic E-state index is -0.789. The van der Waals surface area contributed by atoms with E-state index in [9.17, 15) is 9.59 Å². The molecule has 3 fully saturated rings. The molecule has 3 amide bonds. The average molecular weight is 393 g/mol. The zero-order chi connectivity index (χ0) is 20.3. The lowest BCUT2D eigenvalue weighted by Gasteiger charge is -2.40. The van der Waals surface area contributed by atoms with Gasteiger partial charge in [0.2, 0.25) is 0 Å². The zero-order valence-electron chi connectivity index (χ0n) is 17.8. The van der Waals surface area contributed by atoms with Crippen LogP contribution in [-0.2, 0) is 4.79 Å². The molecule has 3 saturated heterocycles. The second kappa shape index (κ2) is 8.68.